The molecular formula is C26H26BrF2NO2. The molecular weight excluding hydrogens is 476 g/mol. The molecule has 0 spiro atoms. The molecule has 0 unspecified atom stereocenters. The van der Waals surface area contributed by atoms with Gasteiger partial charge in [-0.25, -0.2) is 13.6 Å². The Morgan fingerprint density at radius 2 is 1.94 bits per heavy atom. The Morgan fingerprint density at radius 3 is 2.62 bits per heavy atom. The largest absolute Gasteiger partial charge is 0.465 e. The highest BCUT2D eigenvalue weighted by atomic mass is 79.9. The molecule has 32 heavy (non-hydrogen) atoms. The first-order chi connectivity index (χ1) is 15.5. The molecule has 3 nitrogen and oxygen atoms in total. The van der Waals surface area contributed by atoms with Gasteiger partial charge in [0.05, 0.1) is 12.7 Å². The first kappa shape index (κ1) is 22.9. The quantitative estimate of drug-likeness (QED) is 0.456. The van der Waals surface area contributed by atoms with E-state index in [1.165, 1.54) is 12.7 Å². The Balaban J connectivity index is 1.54. The fraction of sp³-hybridized carbons (Fsp3) is 0.346. The molecule has 4 rings (SSSR count). The van der Waals surface area contributed by atoms with Crippen molar-refractivity contribution in [1.82, 2.24) is 4.90 Å². The Bertz CT molecular complexity index is 1050. The van der Waals surface area contributed by atoms with E-state index in [-0.39, 0.29) is 12.5 Å². The van der Waals surface area contributed by atoms with E-state index in [0.29, 0.717) is 18.7 Å². The number of rotatable bonds is 6. The summed E-state index contributed by atoms with van der Waals surface area (Å²) in [5, 5.41) is 0. The lowest BCUT2D eigenvalue weighted by Crippen LogP contribution is -2.43. The molecule has 0 N–H and O–H groups in total. The van der Waals surface area contributed by atoms with E-state index in [1.807, 2.05) is 23.1 Å². The Hall–Kier alpha value is -2.31. The second-order valence-corrected chi connectivity index (χ2v) is 9.30. The lowest BCUT2D eigenvalue weighted by atomic mass is 9.92. The third-order valence-electron chi connectivity index (χ3n) is 5.96. The fourth-order valence-electron chi connectivity index (χ4n) is 4.37. The number of esters is 1. The first-order valence-corrected chi connectivity index (χ1v) is 11.6. The molecule has 2 aliphatic rings. The van der Waals surface area contributed by atoms with Gasteiger partial charge in [-0.2, -0.15) is 0 Å². The first-order valence-electron chi connectivity index (χ1n) is 10.8. The minimum absolute atomic E-state index is 0.159. The van der Waals surface area contributed by atoms with E-state index >= 15 is 0 Å². The minimum atomic E-state index is -1.39. The zero-order valence-electron chi connectivity index (χ0n) is 18.0. The number of carbonyl (C=O) groups excluding carboxylic acids is 1. The monoisotopic (exact) mass is 501 g/mol. The molecule has 2 aromatic rings. The molecule has 0 amide bonds. The summed E-state index contributed by atoms with van der Waals surface area (Å²) in [5.41, 5.74) is 7.45. The topological polar surface area (TPSA) is 29.5 Å². The summed E-state index contributed by atoms with van der Waals surface area (Å²) in [4.78, 5) is 13.9. The molecule has 0 saturated carbocycles. The Kier molecular flexibility index (Phi) is 7.21. The summed E-state index contributed by atoms with van der Waals surface area (Å²) < 4.78 is 31.5. The molecule has 1 saturated heterocycles. The van der Waals surface area contributed by atoms with Crippen molar-refractivity contribution < 1.29 is 18.3 Å². The highest BCUT2D eigenvalue weighted by molar-refractivity contribution is 9.11. The second kappa shape index (κ2) is 10.1. The third kappa shape index (κ3) is 5.02. The van der Waals surface area contributed by atoms with E-state index in [9.17, 15) is 13.6 Å². The number of hydrogen-bond acceptors (Lipinski definition) is 3. The summed E-state index contributed by atoms with van der Waals surface area (Å²) in [7, 11) is 1.40. The Morgan fingerprint density at radius 1 is 1.19 bits per heavy atom. The normalized spacial score (nSPS) is 17.3. The van der Waals surface area contributed by atoms with E-state index in [0.717, 1.165) is 51.6 Å². The molecule has 2 aromatic carbocycles. The van der Waals surface area contributed by atoms with Crippen LogP contribution in [0.4, 0.5) is 8.78 Å². The zero-order valence-corrected chi connectivity index (χ0v) is 19.6. The SMILES string of the molecule is COC(=O)c1ccc2c(c1)CCCC(Br)=C2c1ccc(C=C2CN(C[C@H](F)CF)C2)cc1. The van der Waals surface area contributed by atoms with Gasteiger partial charge in [0.2, 0.25) is 0 Å². The van der Waals surface area contributed by atoms with Crippen LogP contribution in [0.15, 0.2) is 52.5 Å². The van der Waals surface area contributed by atoms with Crippen LogP contribution in [0.2, 0.25) is 0 Å². The molecule has 1 heterocycles. The number of allylic oxidation sites excluding steroid dienone is 1. The number of alkyl halides is 2. The third-order valence-corrected chi connectivity index (χ3v) is 6.75. The van der Waals surface area contributed by atoms with Gasteiger partial charge in [0.25, 0.3) is 0 Å². The molecule has 0 aromatic heterocycles. The number of benzene rings is 2. The Labute approximate surface area is 195 Å². The molecule has 1 fully saturated rings. The number of carbonyl (C=O) groups is 1. The number of hydrogen-bond donors (Lipinski definition) is 0. The van der Waals surface area contributed by atoms with Gasteiger partial charge in [-0.1, -0.05) is 52.3 Å². The van der Waals surface area contributed by atoms with Crippen LogP contribution < -0.4 is 0 Å². The number of ether oxygens (including phenoxy) is 1. The number of nitrogens with zero attached hydrogens (tertiary/aromatic N) is 1. The summed E-state index contributed by atoms with van der Waals surface area (Å²) in [6.45, 7) is 0.616. The van der Waals surface area contributed by atoms with Gasteiger partial charge < -0.3 is 4.74 Å². The van der Waals surface area contributed by atoms with Crippen molar-refractivity contribution in [1.29, 1.82) is 0 Å². The summed E-state index contributed by atoms with van der Waals surface area (Å²) in [6.07, 6.45) is 3.57. The maximum Gasteiger partial charge on any atom is 0.337 e. The van der Waals surface area contributed by atoms with Gasteiger partial charge >= 0.3 is 5.97 Å². The predicted molar refractivity (Wildman–Crippen MR) is 127 cm³/mol. The smallest absolute Gasteiger partial charge is 0.337 e. The highest BCUT2D eigenvalue weighted by Crippen LogP contribution is 2.38. The number of halogens is 3. The lowest BCUT2D eigenvalue weighted by molar-refractivity contribution is 0.0600. The highest BCUT2D eigenvalue weighted by Gasteiger charge is 2.23. The van der Waals surface area contributed by atoms with E-state index in [4.69, 9.17) is 4.74 Å². The molecule has 1 atom stereocenters. The van der Waals surface area contributed by atoms with Gasteiger partial charge in [-0.15, -0.1) is 0 Å². The van der Waals surface area contributed by atoms with Crippen LogP contribution in [0.1, 0.15) is 45.5 Å². The summed E-state index contributed by atoms with van der Waals surface area (Å²) in [6, 6.07) is 14.2. The van der Waals surface area contributed by atoms with Gasteiger partial charge in [0.1, 0.15) is 12.8 Å². The van der Waals surface area contributed by atoms with Crippen molar-refractivity contribution in [3.05, 3.63) is 80.3 Å². The number of likely N-dealkylation sites (tertiary alicyclic amines) is 1. The van der Waals surface area contributed by atoms with Crippen LogP contribution in [-0.2, 0) is 11.2 Å². The van der Waals surface area contributed by atoms with E-state index < -0.39 is 12.8 Å². The van der Waals surface area contributed by atoms with Crippen molar-refractivity contribution in [2.75, 3.05) is 33.4 Å². The van der Waals surface area contributed by atoms with Crippen molar-refractivity contribution in [2.45, 2.75) is 25.4 Å². The van der Waals surface area contributed by atoms with E-state index in [2.05, 4.69) is 46.3 Å². The van der Waals surface area contributed by atoms with Gasteiger partial charge in [0.15, 0.2) is 0 Å². The van der Waals surface area contributed by atoms with Crippen LogP contribution in [0.3, 0.4) is 0 Å². The van der Waals surface area contributed by atoms with Gasteiger partial charge in [-0.3, -0.25) is 4.90 Å². The number of methoxy groups -OCH3 is 1. The fourth-order valence-corrected chi connectivity index (χ4v) is 5.09. The second-order valence-electron chi connectivity index (χ2n) is 8.34. The number of aryl methyl sites for hydroxylation is 1. The molecule has 6 heteroatoms. The van der Waals surface area contributed by atoms with Crippen LogP contribution in [-0.4, -0.2) is 50.5 Å². The summed E-state index contributed by atoms with van der Waals surface area (Å²) in [5.74, 6) is -0.319. The van der Waals surface area contributed by atoms with Crippen LogP contribution in [0, 0.1) is 0 Å². The molecule has 0 bridgehead atoms. The molecule has 168 valence electrons. The van der Waals surface area contributed by atoms with Crippen LogP contribution in [0.25, 0.3) is 11.6 Å². The lowest BCUT2D eigenvalue weighted by Gasteiger charge is -2.34. The average molecular weight is 502 g/mol. The van der Waals surface area contributed by atoms with Gasteiger partial charge in [-0.05, 0) is 64.8 Å². The van der Waals surface area contributed by atoms with Crippen LogP contribution >= 0.6 is 15.9 Å². The molecule has 1 aliphatic carbocycles. The predicted octanol–water partition coefficient (Wildman–Crippen LogP) is 5.97. The van der Waals surface area contributed by atoms with E-state index in [1.54, 1.807) is 0 Å². The van der Waals surface area contributed by atoms with Gasteiger partial charge in [0, 0.05) is 24.1 Å². The maximum atomic E-state index is 13.2. The standard InChI is InChI=1S/C26H26BrF2NO2/c1-32-26(31)21-9-10-23-20(12-21)3-2-4-24(27)25(23)19-7-5-17(6-8-19)11-18-14-30(15-18)16-22(29)13-28/h5-12,22H,2-4,13-16H2,1H3/t22-/m1/s1. The van der Waals surface area contributed by atoms with Crippen molar-refractivity contribution in [2.24, 2.45) is 0 Å². The van der Waals surface area contributed by atoms with Crippen molar-refractivity contribution >= 4 is 33.5 Å². The van der Waals surface area contributed by atoms with Crippen molar-refractivity contribution in [3.8, 4) is 0 Å². The zero-order chi connectivity index (χ0) is 22.7. The maximum absolute atomic E-state index is 13.2. The number of fused-ring (bicyclic) bond motifs is 1. The minimum Gasteiger partial charge on any atom is -0.465 e. The van der Waals surface area contributed by atoms with Crippen molar-refractivity contribution in [3.63, 3.8) is 0 Å². The molecule has 0 radical (unpaired) electrons. The van der Waals surface area contributed by atoms with Crippen LogP contribution in [0.5, 0.6) is 0 Å². The average Bonchev–Trinajstić information content (AvgIpc) is 2.95. The summed E-state index contributed by atoms with van der Waals surface area (Å²) >= 11 is 3.80. The molecule has 1 aliphatic heterocycles.